The lowest BCUT2D eigenvalue weighted by Gasteiger charge is -2.05. The Morgan fingerprint density at radius 2 is 1.90 bits per heavy atom. The third-order valence-corrected chi connectivity index (χ3v) is 2.96. The number of amides is 1. The third-order valence-electron chi connectivity index (χ3n) is 2.96. The molecule has 0 atom stereocenters. The number of unbranched alkanes of at least 4 members (excludes halogenated alkanes) is 3. The fourth-order valence-corrected chi connectivity index (χ4v) is 1.93. The normalized spacial score (nSPS) is 10.2. The van der Waals surface area contributed by atoms with Crippen LogP contribution in [0.25, 0.3) is 0 Å². The fourth-order valence-electron chi connectivity index (χ4n) is 1.93. The minimum atomic E-state index is -0.750. The Morgan fingerprint density at radius 3 is 2.60 bits per heavy atom. The lowest BCUT2D eigenvalue weighted by atomic mass is 10.1. The molecule has 20 heavy (non-hydrogen) atoms. The lowest BCUT2D eigenvalue weighted by Crippen LogP contribution is -2.26. The van der Waals surface area contributed by atoms with E-state index >= 15 is 0 Å². The number of carbonyl (C=O) groups excluding carboxylic acids is 1. The van der Waals surface area contributed by atoms with Crippen LogP contribution in [0, 0.1) is 0 Å². The van der Waals surface area contributed by atoms with Crippen molar-refractivity contribution < 1.29 is 14.7 Å². The number of hydrogen-bond donors (Lipinski definition) is 3. The summed E-state index contributed by atoms with van der Waals surface area (Å²) in [6.07, 6.45) is 3.96. The number of nitrogens with one attached hydrogen (secondary N) is 1. The van der Waals surface area contributed by atoms with E-state index in [1.807, 2.05) is 12.1 Å². The van der Waals surface area contributed by atoms with Gasteiger partial charge in [-0.1, -0.05) is 25.0 Å². The van der Waals surface area contributed by atoms with Crippen LogP contribution in [0.1, 0.15) is 37.7 Å². The van der Waals surface area contributed by atoms with E-state index < -0.39 is 5.97 Å². The number of nitrogens with two attached hydrogens (primary N) is 1. The maximum Gasteiger partial charge on any atom is 0.303 e. The first kappa shape index (κ1) is 16.0. The summed E-state index contributed by atoms with van der Waals surface area (Å²) in [5.74, 6) is -0.762. The monoisotopic (exact) mass is 278 g/mol. The lowest BCUT2D eigenvalue weighted by molar-refractivity contribution is -0.137. The van der Waals surface area contributed by atoms with Crippen molar-refractivity contribution in [3.05, 3.63) is 29.8 Å². The van der Waals surface area contributed by atoms with Gasteiger partial charge < -0.3 is 16.2 Å². The Balaban J connectivity index is 2.07. The molecule has 0 aromatic heterocycles. The molecule has 0 heterocycles. The SMILES string of the molecule is Nc1cccc(CC(=O)NCCCCCCC(=O)O)c1. The molecule has 110 valence electrons. The summed E-state index contributed by atoms with van der Waals surface area (Å²) in [4.78, 5) is 22.0. The molecule has 1 amide bonds. The van der Waals surface area contributed by atoms with E-state index in [4.69, 9.17) is 10.8 Å². The van der Waals surface area contributed by atoms with Gasteiger partial charge >= 0.3 is 5.97 Å². The maximum absolute atomic E-state index is 11.7. The van der Waals surface area contributed by atoms with Gasteiger partial charge in [0, 0.05) is 18.7 Å². The number of nitrogen functional groups attached to an aromatic ring is 1. The molecular formula is C15H22N2O3. The van der Waals surface area contributed by atoms with Crippen molar-refractivity contribution in [1.29, 1.82) is 0 Å². The third kappa shape index (κ3) is 7.41. The second-order valence-corrected chi connectivity index (χ2v) is 4.83. The van der Waals surface area contributed by atoms with Crippen LogP contribution in [-0.2, 0) is 16.0 Å². The smallest absolute Gasteiger partial charge is 0.303 e. The molecule has 0 bridgehead atoms. The van der Waals surface area contributed by atoms with E-state index in [9.17, 15) is 9.59 Å². The molecule has 0 spiro atoms. The number of aliphatic carboxylic acids is 1. The zero-order chi connectivity index (χ0) is 14.8. The summed E-state index contributed by atoms with van der Waals surface area (Å²) in [7, 11) is 0. The zero-order valence-electron chi connectivity index (χ0n) is 11.6. The molecule has 5 heteroatoms. The Hall–Kier alpha value is -2.04. The summed E-state index contributed by atoms with van der Waals surface area (Å²) in [5, 5.41) is 11.3. The predicted octanol–water partition coefficient (Wildman–Crippen LogP) is 1.96. The summed E-state index contributed by atoms with van der Waals surface area (Å²) >= 11 is 0. The van der Waals surface area contributed by atoms with E-state index in [0.29, 0.717) is 25.1 Å². The van der Waals surface area contributed by atoms with Crippen molar-refractivity contribution >= 4 is 17.6 Å². The predicted molar refractivity (Wildman–Crippen MR) is 78.3 cm³/mol. The van der Waals surface area contributed by atoms with E-state index in [-0.39, 0.29) is 12.3 Å². The van der Waals surface area contributed by atoms with Crippen LogP contribution in [0.4, 0.5) is 5.69 Å². The number of rotatable bonds is 9. The van der Waals surface area contributed by atoms with Crippen LogP contribution < -0.4 is 11.1 Å². The molecule has 0 aliphatic carbocycles. The van der Waals surface area contributed by atoms with Crippen molar-refractivity contribution in [2.45, 2.75) is 38.5 Å². The van der Waals surface area contributed by atoms with Crippen molar-refractivity contribution in [3.63, 3.8) is 0 Å². The molecular weight excluding hydrogens is 256 g/mol. The molecule has 0 saturated heterocycles. The highest BCUT2D eigenvalue weighted by atomic mass is 16.4. The van der Waals surface area contributed by atoms with E-state index in [0.717, 1.165) is 24.8 Å². The fraction of sp³-hybridized carbons (Fsp3) is 0.467. The van der Waals surface area contributed by atoms with Crippen molar-refractivity contribution in [2.75, 3.05) is 12.3 Å². The number of carboxylic acid groups (broad SMARTS) is 1. The van der Waals surface area contributed by atoms with E-state index in [1.54, 1.807) is 12.1 Å². The second-order valence-electron chi connectivity index (χ2n) is 4.83. The first-order chi connectivity index (χ1) is 9.58. The molecule has 0 saturated carbocycles. The largest absolute Gasteiger partial charge is 0.481 e. The topological polar surface area (TPSA) is 92.4 Å². The highest BCUT2D eigenvalue weighted by molar-refractivity contribution is 5.78. The number of benzene rings is 1. The van der Waals surface area contributed by atoms with Crippen LogP contribution in [-0.4, -0.2) is 23.5 Å². The van der Waals surface area contributed by atoms with Crippen LogP contribution in [0.5, 0.6) is 0 Å². The molecule has 1 rings (SSSR count). The second kappa shape index (κ2) is 8.96. The summed E-state index contributed by atoms with van der Waals surface area (Å²) in [5.41, 5.74) is 7.22. The average molecular weight is 278 g/mol. The van der Waals surface area contributed by atoms with Crippen molar-refractivity contribution in [2.24, 2.45) is 0 Å². The molecule has 0 radical (unpaired) electrons. The van der Waals surface area contributed by atoms with Gasteiger partial charge in [-0.3, -0.25) is 9.59 Å². The first-order valence-corrected chi connectivity index (χ1v) is 6.91. The van der Waals surface area contributed by atoms with E-state index in [2.05, 4.69) is 5.32 Å². The minimum absolute atomic E-state index is 0.0128. The standard InChI is InChI=1S/C15H22N2O3/c16-13-7-5-6-12(10-13)11-14(18)17-9-4-2-1-3-8-15(19)20/h5-7,10H,1-4,8-9,11,16H2,(H,17,18)(H,19,20). The number of carbonyl (C=O) groups is 2. The van der Waals surface area contributed by atoms with Crippen molar-refractivity contribution in [3.8, 4) is 0 Å². The molecule has 5 nitrogen and oxygen atoms in total. The van der Waals surface area contributed by atoms with Crippen LogP contribution in [0.15, 0.2) is 24.3 Å². The van der Waals surface area contributed by atoms with Crippen LogP contribution >= 0.6 is 0 Å². The number of carboxylic acids is 1. The van der Waals surface area contributed by atoms with Gasteiger partial charge in [0.25, 0.3) is 0 Å². The van der Waals surface area contributed by atoms with Gasteiger partial charge in [0.05, 0.1) is 6.42 Å². The Kier molecular flexibility index (Phi) is 7.17. The molecule has 0 aliphatic rings. The van der Waals surface area contributed by atoms with E-state index in [1.165, 1.54) is 0 Å². The number of hydrogen-bond acceptors (Lipinski definition) is 3. The Bertz CT molecular complexity index is 446. The Labute approximate surface area is 119 Å². The van der Waals surface area contributed by atoms with Gasteiger partial charge in [0.1, 0.15) is 0 Å². The van der Waals surface area contributed by atoms with Gasteiger partial charge in [0.2, 0.25) is 5.91 Å². The molecule has 1 aromatic carbocycles. The highest BCUT2D eigenvalue weighted by Crippen LogP contribution is 2.07. The molecule has 4 N–H and O–H groups in total. The number of anilines is 1. The quantitative estimate of drug-likeness (QED) is 0.475. The highest BCUT2D eigenvalue weighted by Gasteiger charge is 2.03. The molecule has 0 fully saturated rings. The minimum Gasteiger partial charge on any atom is -0.481 e. The van der Waals surface area contributed by atoms with Gasteiger partial charge in [-0.2, -0.15) is 0 Å². The van der Waals surface area contributed by atoms with Crippen LogP contribution in [0.2, 0.25) is 0 Å². The van der Waals surface area contributed by atoms with Gasteiger partial charge in [-0.05, 0) is 30.5 Å². The van der Waals surface area contributed by atoms with Gasteiger partial charge in [-0.25, -0.2) is 0 Å². The summed E-state index contributed by atoms with van der Waals surface area (Å²) < 4.78 is 0. The van der Waals surface area contributed by atoms with Gasteiger partial charge in [0.15, 0.2) is 0 Å². The maximum atomic E-state index is 11.7. The average Bonchev–Trinajstić information content (AvgIpc) is 2.37. The Morgan fingerprint density at radius 1 is 1.15 bits per heavy atom. The zero-order valence-corrected chi connectivity index (χ0v) is 11.6. The van der Waals surface area contributed by atoms with Gasteiger partial charge in [-0.15, -0.1) is 0 Å². The molecule has 1 aromatic rings. The first-order valence-electron chi connectivity index (χ1n) is 6.91. The molecule has 0 aliphatic heterocycles. The summed E-state index contributed by atoms with van der Waals surface area (Å²) in [6.45, 7) is 0.633. The van der Waals surface area contributed by atoms with Crippen molar-refractivity contribution in [1.82, 2.24) is 5.32 Å². The van der Waals surface area contributed by atoms with Crippen LogP contribution in [0.3, 0.4) is 0 Å². The summed E-state index contributed by atoms with van der Waals surface area (Å²) in [6, 6.07) is 7.30. The molecule has 0 unspecified atom stereocenters.